The van der Waals surface area contributed by atoms with Crippen molar-refractivity contribution in [3.8, 4) is 5.88 Å². The minimum absolute atomic E-state index is 0.517. The molecule has 1 aromatic rings. The van der Waals surface area contributed by atoms with Gasteiger partial charge in [-0.25, -0.2) is 4.98 Å². The Labute approximate surface area is 110 Å². The smallest absolute Gasteiger partial charge is 0.233 e. The average Bonchev–Trinajstić information content (AvgIpc) is 2.19. The van der Waals surface area contributed by atoms with Crippen molar-refractivity contribution in [2.45, 2.75) is 33.6 Å². The first-order chi connectivity index (χ1) is 7.50. The van der Waals surface area contributed by atoms with Gasteiger partial charge in [-0.3, -0.25) is 0 Å². The van der Waals surface area contributed by atoms with E-state index in [1.807, 2.05) is 13.0 Å². The Hall–Kier alpha value is -0.280. The minimum atomic E-state index is 0.517. The number of aryl methyl sites for hydroxylation is 1. The maximum Gasteiger partial charge on any atom is 0.233 e. The highest BCUT2D eigenvalue weighted by molar-refractivity contribution is 9.10. The van der Waals surface area contributed by atoms with Gasteiger partial charge in [0.05, 0.1) is 6.61 Å². The van der Waals surface area contributed by atoms with Crippen LogP contribution in [0.5, 0.6) is 5.88 Å². The Morgan fingerprint density at radius 2 is 2.19 bits per heavy atom. The van der Waals surface area contributed by atoms with Crippen molar-refractivity contribution in [1.82, 2.24) is 4.98 Å². The number of hydrogen-bond acceptors (Lipinski definition) is 2. The first-order valence-corrected chi connectivity index (χ1v) is 6.63. The van der Waals surface area contributed by atoms with E-state index in [2.05, 4.69) is 34.8 Å². The highest BCUT2D eigenvalue weighted by Crippen LogP contribution is 2.27. The molecule has 0 radical (unpaired) electrons. The van der Waals surface area contributed by atoms with Crippen LogP contribution < -0.4 is 4.74 Å². The molecule has 0 amide bonds. The summed E-state index contributed by atoms with van der Waals surface area (Å²) in [6, 6.07) is 1.86. The lowest BCUT2D eigenvalue weighted by molar-refractivity contribution is 0.287. The van der Waals surface area contributed by atoms with E-state index in [1.165, 1.54) is 0 Å². The van der Waals surface area contributed by atoms with Gasteiger partial charge in [0.25, 0.3) is 0 Å². The summed E-state index contributed by atoms with van der Waals surface area (Å²) in [6.45, 7) is 7.02. The fraction of sp³-hybridized carbons (Fsp3) is 0.583. The normalized spacial score (nSPS) is 10.9. The zero-order valence-electron chi connectivity index (χ0n) is 9.89. The molecule has 0 bridgehead atoms. The molecular weight excluding hydrogens is 289 g/mol. The molecular formula is C12H17BrClNO. The Balaban J connectivity index is 2.51. The zero-order valence-corrected chi connectivity index (χ0v) is 12.2. The summed E-state index contributed by atoms with van der Waals surface area (Å²) < 4.78 is 6.34. The van der Waals surface area contributed by atoms with Gasteiger partial charge in [0.15, 0.2) is 0 Å². The van der Waals surface area contributed by atoms with Crippen LogP contribution in [-0.4, -0.2) is 11.6 Å². The number of aromatic nitrogens is 1. The molecule has 0 N–H and O–H groups in total. The van der Waals surface area contributed by atoms with Crippen molar-refractivity contribution in [2.24, 2.45) is 5.92 Å². The molecule has 0 aromatic carbocycles. The van der Waals surface area contributed by atoms with Gasteiger partial charge in [0, 0.05) is 0 Å². The molecule has 0 saturated carbocycles. The maximum atomic E-state index is 6.03. The highest BCUT2D eigenvalue weighted by Gasteiger charge is 2.07. The van der Waals surface area contributed by atoms with Gasteiger partial charge in [-0.2, -0.15) is 0 Å². The fourth-order valence-corrected chi connectivity index (χ4v) is 1.84. The first-order valence-electron chi connectivity index (χ1n) is 5.46. The average molecular weight is 307 g/mol. The molecule has 0 spiro atoms. The molecule has 1 rings (SSSR count). The first kappa shape index (κ1) is 13.8. The largest absolute Gasteiger partial charge is 0.477 e. The number of hydrogen-bond donors (Lipinski definition) is 0. The van der Waals surface area contributed by atoms with Crippen molar-refractivity contribution in [2.75, 3.05) is 6.61 Å². The number of ether oxygens (including phenoxy) is 1. The second kappa shape index (κ2) is 6.45. The Morgan fingerprint density at radius 3 is 2.81 bits per heavy atom. The van der Waals surface area contributed by atoms with Gasteiger partial charge >= 0.3 is 0 Å². The van der Waals surface area contributed by atoms with Crippen molar-refractivity contribution in [3.05, 3.63) is 21.3 Å². The van der Waals surface area contributed by atoms with E-state index < -0.39 is 0 Å². The topological polar surface area (TPSA) is 22.1 Å². The molecule has 1 heterocycles. The number of nitrogens with zero attached hydrogens (tertiary/aromatic N) is 1. The monoisotopic (exact) mass is 305 g/mol. The Bertz CT molecular complexity index is 355. The quantitative estimate of drug-likeness (QED) is 0.585. The second-order valence-electron chi connectivity index (χ2n) is 4.27. The van der Waals surface area contributed by atoms with E-state index in [4.69, 9.17) is 16.3 Å². The van der Waals surface area contributed by atoms with E-state index in [0.717, 1.165) is 23.0 Å². The lowest BCUT2D eigenvalue weighted by Gasteiger charge is -2.09. The number of pyridine rings is 1. The van der Waals surface area contributed by atoms with Crippen LogP contribution in [0.3, 0.4) is 0 Å². The lowest BCUT2D eigenvalue weighted by atomic mass is 10.1. The van der Waals surface area contributed by atoms with Gasteiger partial charge in [0.2, 0.25) is 5.88 Å². The van der Waals surface area contributed by atoms with Crippen molar-refractivity contribution in [3.63, 3.8) is 0 Å². The van der Waals surface area contributed by atoms with Crippen LogP contribution in [0, 0.1) is 12.8 Å². The molecule has 1 aromatic heterocycles. The summed E-state index contributed by atoms with van der Waals surface area (Å²) in [5.74, 6) is 1.22. The number of rotatable bonds is 5. The zero-order chi connectivity index (χ0) is 12.1. The molecule has 0 saturated heterocycles. The summed E-state index contributed by atoms with van der Waals surface area (Å²) in [5.41, 5.74) is 1.01. The van der Waals surface area contributed by atoms with Crippen LogP contribution in [0.4, 0.5) is 0 Å². The third-order valence-electron chi connectivity index (χ3n) is 2.24. The summed E-state index contributed by atoms with van der Waals surface area (Å²) in [7, 11) is 0. The number of halogens is 2. The standard InChI is InChI=1S/C12H17BrClNO/c1-8(2)5-4-6-16-12-10(14)7-9(3)11(13)15-12/h7-8H,4-6H2,1-3H3. The molecule has 4 heteroatoms. The Kier molecular flexibility index (Phi) is 5.56. The molecule has 90 valence electrons. The van der Waals surface area contributed by atoms with Gasteiger partial charge in [-0.15, -0.1) is 0 Å². The van der Waals surface area contributed by atoms with Crippen LogP contribution in [0.15, 0.2) is 10.7 Å². The van der Waals surface area contributed by atoms with Crippen LogP contribution in [-0.2, 0) is 0 Å². The van der Waals surface area contributed by atoms with Crippen LogP contribution in [0.1, 0.15) is 32.3 Å². The SMILES string of the molecule is Cc1cc(Cl)c(OCCCC(C)C)nc1Br. The molecule has 0 aliphatic rings. The summed E-state index contributed by atoms with van der Waals surface area (Å²) in [5, 5.41) is 0.574. The van der Waals surface area contributed by atoms with E-state index in [0.29, 0.717) is 23.4 Å². The van der Waals surface area contributed by atoms with Gasteiger partial charge in [-0.05, 0) is 53.2 Å². The van der Waals surface area contributed by atoms with Crippen LogP contribution >= 0.6 is 27.5 Å². The lowest BCUT2D eigenvalue weighted by Crippen LogP contribution is -2.02. The molecule has 0 fully saturated rings. The molecule has 0 aliphatic heterocycles. The summed E-state index contributed by atoms with van der Waals surface area (Å²) in [4.78, 5) is 4.25. The van der Waals surface area contributed by atoms with Crippen LogP contribution in [0.25, 0.3) is 0 Å². The third kappa shape index (κ3) is 4.30. The maximum absolute atomic E-state index is 6.03. The molecule has 0 atom stereocenters. The molecule has 2 nitrogen and oxygen atoms in total. The molecule has 0 unspecified atom stereocenters. The van der Waals surface area contributed by atoms with Gasteiger partial charge in [0.1, 0.15) is 9.63 Å². The highest BCUT2D eigenvalue weighted by atomic mass is 79.9. The van der Waals surface area contributed by atoms with Crippen molar-refractivity contribution >= 4 is 27.5 Å². The van der Waals surface area contributed by atoms with Crippen LogP contribution in [0.2, 0.25) is 5.02 Å². The fourth-order valence-electron chi connectivity index (χ4n) is 1.30. The van der Waals surface area contributed by atoms with Crippen molar-refractivity contribution < 1.29 is 4.74 Å². The molecule has 16 heavy (non-hydrogen) atoms. The third-order valence-corrected chi connectivity index (χ3v) is 3.31. The summed E-state index contributed by atoms with van der Waals surface area (Å²) in [6.07, 6.45) is 2.19. The Morgan fingerprint density at radius 1 is 1.50 bits per heavy atom. The van der Waals surface area contributed by atoms with E-state index >= 15 is 0 Å². The second-order valence-corrected chi connectivity index (χ2v) is 5.43. The predicted molar refractivity (Wildman–Crippen MR) is 71.3 cm³/mol. The molecule has 0 aliphatic carbocycles. The van der Waals surface area contributed by atoms with E-state index in [1.54, 1.807) is 0 Å². The van der Waals surface area contributed by atoms with E-state index in [-0.39, 0.29) is 0 Å². The predicted octanol–water partition coefficient (Wildman–Crippen LogP) is 4.62. The van der Waals surface area contributed by atoms with Gasteiger partial charge in [-0.1, -0.05) is 25.4 Å². The van der Waals surface area contributed by atoms with Crippen molar-refractivity contribution in [1.29, 1.82) is 0 Å². The minimum Gasteiger partial charge on any atom is -0.477 e. The van der Waals surface area contributed by atoms with Gasteiger partial charge < -0.3 is 4.74 Å². The summed E-state index contributed by atoms with van der Waals surface area (Å²) >= 11 is 9.40. The van der Waals surface area contributed by atoms with E-state index in [9.17, 15) is 0 Å².